The van der Waals surface area contributed by atoms with Gasteiger partial charge in [-0.15, -0.1) is 0 Å². The lowest BCUT2D eigenvalue weighted by Crippen LogP contribution is -2.36. The Morgan fingerprint density at radius 3 is 2.38 bits per heavy atom. The van der Waals surface area contributed by atoms with Crippen molar-refractivity contribution in [1.29, 1.82) is 0 Å². The second kappa shape index (κ2) is 7.91. The quantitative estimate of drug-likeness (QED) is 0.857. The van der Waals surface area contributed by atoms with E-state index in [9.17, 15) is 4.79 Å². The maximum absolute atomic E-state index is 11.7. The maximum Gasteiger partial charge on any atom is 0.315 e. The monoisotopic (exact) mass is 322 g/mol. The van der Waals surface area contributed by atoms with Crippen LogP contribution in [-0.4, -0.2) is 12.6 Å². The summed E-state index contributed by atoms with van der Waals surface area (Å²) in [7, 11) is 0. The van der Waals surface area contributed by atoms with Crippen LogP contribution in [0.2, 0.25) is 10.0 Å². The Labute approximate surface area is 134 Å². The molecule has 0 saturated heterocycles. The van der Waals surface area contributed by atoms with Crippen LogP contribution in [0.3, 0.4) is 0 Å². The van der Waals surface area contributed by atoms with Crippen LogP contribution in [0.1, 0.15) is 11.1 Å². The van der Waals surface area contributed by atoms with Gasteiger partial charge in [-0.25, -0.2) is 4.79 Å². The van der Waals surface area contributed by atoms with E-state index in [0.29, 0.717) is 23.1 Å². The average Bonchev–Trinajstić information content (AvgIpc) is 2.47. The van der Waals surface area contributed by atoms with Crippen LogP contribution in [0.15, 0.2) is 48.5 Å². The van der Waals surface area contributed by atoms with E-state index in [1.807, 2.05) is 36.4 Å². The Morgan fingerprint density at radius 1 is 0.905 bits per heavy atom. The number of urea groups is 1. The van der Waals surface area contributed by atoms with Crippen molar-refractivity contribution < 1.29 is 4.79 Å². The number of amides is 2. The van der Waals surface area contributed by atoms with Gasteiger partial charge in [-0.2, -0.15) is 0 Å². The van der Waals surface area contributed by atoms with E-state index >= 15 is 0 Å². The zero-order valence-corrected chi connectivity index (χ0v) is 12.9. The average molecular weight is 323 g/mol. The summed E-state index contributed by atoms with van der Waals surface area (Å²) in [6, 6.07) is 14.8. The molecule has 0 fully saturated rings. The molecular weight excluding hydrogens is 307 g/mol. The molecule has 0 spiro atoms. The third kappa shape index (κ3) is 5.66. The number of carbonyl (C=O) groups excluding carboxylic acids is 1. The number of hydrogen-bond donors (Lipinski definition) is 2. The molecule has 0 aliphatic heterocycles. The van der Waals surface area contributed by atoms with Crippen LogP contribution in [-0.2, 0) is 13.0 Å². The van der Waals surface area contributed by atoms with Gasteiger partial charge in [0.15, 0.2) is 0 Å². The maximum atomic E-state index is 11.7. The number of rotatable bonds is 5. The van der Waals surface area contributed by atoms with Crippen LogP contribution >= 0.6 is 23.2 Å². The third-order valence-electron chi connectivity index (χ3n) is 2.95. The van der Waals surface area contributed by atoms with Gasteiger partial charge in [0.2, 0.25) is 0 Å². The van der Waals surface area contributed by atoms with E-state index < -0.39 is 0 Å². The Morgan fingerprint density at radius 2 is 1.67 bits per heavy atom. The van der Waals surface area contributed by atoms with E-state index in [4.69, 9.17) is 23.2 Å². The standard InChI is InChI=1S/C16H16Cl2N2O/c17-14-6-4-13(5-7-14)11-20-16(21)19-9-8-12-2-1-3-15(18)10-12/h1-7,10H,8-9,11H2,(H2,19,20,21). The molecule has 0 unspecified atom stereocenters. The van der Waals surface area contributed by atoms with Crippen molar-refractivity contribution >= 4 is 29.2 Å². The molecule has 21 heavy (non-hydrogen) atoms. The van der Waals surface area contributed by atoms with Crippen molar-refractivity contribution in [3.63, 3.8) is 0 Å². The summed E-state index contributed by atoms with van der Waals surface area (Å²) in [4.78, 5) is 11.7. The van der Waals surface area contributed by atoms with Gasteiger partial charge >= 0.3 is 6.03 Å². The van der Waals surface area contributed by atoms with E-state index in [-0.39, 0.29) is 6.03 Å². The summed E-state index contributed by atoms with van der Waals surface area (Å²) >= 11 is 11.7. The Bertz CT molecular complexity index is 599. The number of carbonyl (C=O) groups is 1. The highest BCUT2D eigenvalue weighted by Crippen LogP contribution is 2.11. The van der Waals surface area contributed by atoms with Crippen LogP contribution in [0.25, 0.3) is 0 Å². The number of benzene rings is 2. The van der Waals surface area contributed by atoms with E-state index in [0.717, 1.165) is 17.5 Å². The molecule has 0 atom stereocenters. The van der Waals surface area contributed by atoms with Gasteiger partial charge in [-0.1, -0.05) is 47.5 Å². The molecule has 0 radical (unpaired) electrons. The first-order valence-corrected chi connectivity index (χ1v) is 7.39. The first-order valence-electron chi connectivity index (χ1n) is 6.64. The molecule has 2 aromatic rings. The Hall–Kier alpha value is -1.71. The summed E-state index contributed by atoms with van der Waals surface area (Å²) in [5.74, 6) is 0. The highest BCUT2D eigenvalue weighted by Gasteiger charge is 2.01. The van der Waals surface area contributed by atoms with E-state index in [1.54, 1.807) is 12.1 Å². The van der Waals surface area contributed by atoms with Crippen molar-refractivity contribution in [1.82, 2.24) is 10.6 Å². The zero-order chi connectivity index (χ0) is 15.1. The summed E-state index contributed by atoms with van der Waals surface area (Å²) < 4.78 is 0. The number of nitrogens with one attached hydrogen (secondary N) is 2. The Balaban J connectivity index is 1.69. The molecule has 2 rings (SSSR count). The minimum absolute atomic E-state index is 0.188. The molecule has 0 bridgehead atoms. The van der Waals surface area contributed by atoms with Gasteiger partial charge in [0.25, 0.3) is 0 Å². The van der Waals surface area contributed by atoms with Crippen molar-refractivity contribution in [2.24, 2.45) is 0 Å². The fourth-order valence-electron chi connectivity index (χ4n) is 1.86. The topological polar surface area (TPSA) is 41.1 Å². The van der Waals surface area contributed by atoms with Gasteiger partial charge in [-0.3, -0.25) is 0 Å². The van der Waals surface area contributed by atoms with Crippen molar-refractivity contribution in [2.75, 3.05) is 6.54 Å². The highest BCUT2D eigenvalue weighted by atomic mass is 35.5. The minimum Gasteiger partial charge on any atom is -0.338 e. The van der Waals surface area contributed by atoms with Crippen LogP contribution in [0.4, 0.5) is 4.79 Å². The zero-order valence-electron chi connectivity index (χ0n) is 11.4. The van der Waals surface area contributed by atoms with E-state index in [2.05, 4.69) is 10.6 Å². The lowest BCUT2D eigenvalue weighted by atomic mass is 10.1. The second-order valence-electron chi connectivity index (χ2n) is 4.62. The molecule has 2 N–H and O–H groups in total. The fraction of sp³-hybridized carbons (Fsp3) is 0.188. The van der Waals surface area contributed by atoms with Gasteiger partial charge in [-0.05, 0) is 41.8 Å². The number of hydrogen-bond acceptors (Lipinski definition) is 1. The summed E-state index contributed by atoms with van der Waals surface area (Å²) in [5.41, 5.74) is 2.10. The van der Waals surface area contributed by atoms with Crippen molar-refractivity contribution in [3.8, 4) is 0 Å². The van der Waals surface area contributed by atoms with Crippen LogP contribution in [0.5, 0.6) is 0 Å². The molecule has 5 heteroatoms. The third-order valence-corrected chi connectivity index (χ3v) is 3.44. The molecule has 0 aliphatic carbocycles. The molecule has 0 saturated carbocycles. The summed E-state index contributed by atoms with van der Waals surface area (Å²) in [5, 5.41) is 7.00. The van der Waals surface area contributed by atoms with Gasteiger partial charge in [0, 0.05) is 23.1 Å². The lowest BCUT2D eigenvalue weighted by Gasteiger charge is -2.08. The smallest absolute Gasteiger partial charge is 0.315 e. The van der Waals surface area contributed by atoms with Gasteiger partial charge in [0.1, 0.15) is 0 Å². The minimum atomic E-state index is -0.188. The molecule has 110 valence electrons. The normalized spacial score (nSPS) is 10.2. The first-order chi connectivity index (χ1) is 10.1. The molecule has 2 amide bonds. The largest absolute Gasteiger partial charge is 0.338 e. The Kier molecular flexibility index (Phi) is 5.90. The SMILES string of the molecule is O=C(NCCc1cccc(Cl)c1)NCc1ccc(Cl)cc1. The van der Waals surface area contributed by atoms with Gasteiger partial charge in [0.05, 0.1) is 0 Å². The number of halogens is 2. The fourth-order valence-corrected chi connectivity index (χ4v) is 2.20. The predicted octanol–water partition coefficient (Wildman–Crippen LogP) is 4.04. The molecule has 3 nitrogen and oxygen atoms in total. The van der Waals surface area contributed by atoms with Crippen LogP contribution < -0.4 is 10.6 Å². The molecule has 0 heterocycles. The van der Waals surface area contributed by atoms with E-state index in [1.165, 1.54) is 0 Å². The second-order valence-corrected chi connectivity index (χ2v) is 5.49. The summed E-state index contributed by atoms with van der Waals surface area (Å²) in [6.07, 6.45) is 0.745. The first kappa shape index (κ1) is 15.7. The van der Waals surface area contributed by atoms with Crippen molar-refractivity contribution in [2.45, 2.75) is 13.0 Å². The molecular formula is C16H16Cl2N2O. The highest BCUT2D eigenvalue weighted by molar-refractivity contribution is 6.30. The lowest BCUT2D eigenvalue weighted by molar-refractivity contribution is 0.240. The van der Waals surface area contributed by atoms with Crippen molar-refractivity contribution in [3.05, 3.63) is 69.7 Å². The predicted molar refractivity (Wildman–Crippen MR) is 86.8 cm³/mol. The molecule has 2 aromatic carbocycles. The molecule has 0 aliphatic rings. The molecule has 0 aromatic heterocycles. The van der Waals surface area contributed by atoms with Gasteiger partial charge < -0.3 is 10.6 Å². The van der Waals surface area contributed by atoms with Crippen LogP contribution in [0, 0.1) is 0 Å². The summed E-state index contributed by atoms with van der Waals surface area (Å²) in [6.45, 7) is 1.03.